The van der Waals surface area contributed by atoms with Crippen LogP contribution in [0.5, 0.6) is 5.75 Å². The highest BCUT2D eigenvalue weighted by Gasteiger charge is 2.21. The maximum absolute atomic E-state index is 13.1. The second kappa shape index (κ2) is 11.7. The van der Waals surface area contributed by atoms with E-state index >= 15 is 0 Å². The van der Waals surface area contributed by atoms with Crippen molar-refractivity contribution in [3.8, 4) is 5.75 Å². The first-order chi connectivity index (χ1) is 17.7. The predicted octanol–water partition coefficient (Wildman–Crippen LogP) is 5.12. The predicted molar refractivity (Wildman–Crippen MR) is 144 cm³/mol. The zero-order valence-corrected chi connectivity index (χ0v) is 20.4. The number of ether oxygens (including phenoxy) is 1. The number of fused-ring (bicyclic) bond motifs is 1. The van der Waals surface area contributed by atoms with E-state index in [1.54, 1.807) is 0 Å². The lowest BCUT2D eigenvalue weighted by Crippen LogP contribution is -2.38. The van der Waals surface area contributed by atoms with Crippen LogP contribution in [0.1, 0.15) is 28.8 Å². The minimum atomic E-state index is -0.119. The molecule has 5 rings (SSSR count). The van der Waals surface area contributed by atoms with E-state index in [9.17, 15) is 4.79 Å². The van der Waals surface area contributed by atoms with Crippen LogP contribution in [0.25, 0.3) is 10.9 Å². The third-order valence-electron chi connectivity index (χ3n) is 6.55. The fourth-order valence-corrected chi connectivity index (χ4v) is 4.67. The number of para-hydroxylation sites is 2. The van der Waals surface area contributed by atoms with Gasteiger partial charge in [0.05, 0.1) is 17.6 Å². The lowest BCUT2D eigenvalue weighted by atomic mass is 10.0. The van der Waals surface area contributed by atoms with Crippen LogP contribution in [0.3, 0.4) is 0 Å². The molecule has 184 valence electrons. The zero-order valence-electron chi connectivity index (χ0n) is 20.4. The van der Waals surface area contributed by atoms with E-state index in [1.807, 2.05) is 60.7 Å². The molecule has 2 heterocycles. The van der Waals surface area contributed by atoms with Crippen molar-refractivity contribution in [2.75, 3.05) is 31.6 Å². The molecule has 3 aromatic carbocycles. The molecule has 1 fully saturated rings. The maximum Gasteiger partial charge on any atom is 0.252 e. The van der Waals surface area contributed by atoms with Gasteiger partial charge in [-0.1, -0.05) is 66.7 Å². The first kappa shape index (κ1) is 23.8. The summed E-state index contributed by atoms with van der Waals surface area (Å²) in [5.41, 5.74) is 2.80. The Hall–Kier alpha value is -3.90. The number of benzene rings is 3. The SMILES string of the molecule is O=C(NCCOc1ccccc1)c1cc(NC2CCN(Cc3ccccc3)CC2)nc2ccccc12. The number of amides is 1. The number of likely N-dealkylation sites (tertiary alicyclic amines) is 1. The molecule has 0 radical (unpaired) electrons. The van der Waals surface area contributed by atoms with E-state index in [0.29, 0.717) is 24.8 Å². The minimum absolute atomic E-state index is 0.119. The highest BCUT2D eigenvalue weighted by molar-refractivity contribution is 6.07. The summed E-state index contributed by atoms with van der Waals surface area (Å²) in [5.74, 6) is 1.43. The van der Waals surface area contributed by atoms with Crippen LogP contribution in [0, 0.1) is 0 Å². The Balaban J connectivity index is 1.20. The number of carbonyl (C=O) groups is 1. The monoisotopic (exact) mass is 480 g/mol. The Bertz CT molecular complexity index is 1270. The normalized spacial score (nSPS) is 14.4. The number of aromatic nitrogens is 1. The van der Waals surface area contributed by atoms with Gasteiger partial charge >= 0.3 is 0 Å². The second-order valence-electron chi connectivity index (χ2n) is 9.17. The third-order valence-corrected chi connectivity index (χ3v) is 6.55. The number of carbonyl (C=O) groups excluding carboxylic acids is 1. The first-order valence-corrected chi connectivity index (χ1v) is 12.6. The van der Waals surface area contributed by atoms with Gasteiger partial charge in [-0.25, -0.2) is 4.98 Å². The zero-order chi connectivity index (χ0) is 24.6. The molecule has 2 N–H and O–H groups in total. The lowest BCUT2D eigenvalue weighted by molar-refractivity contribution is 0.0948. The van der Waals surface area contributed by atoms with Gasteiger partial charge < -0.3 is 15.4 Å². The van der Waals surface area contributed by atoms with Crippen LogP contribution in [0.2, 0.25) is 0 Å². The molecule has 0 atom stereocenters. The van der Waals surface area contributed by atoms with Gasteiger partial charge in [0, 0.05) is 31.1 Å². The van der Waals surface area contributed by atoms with Gasteiger partial charge in [-0.15, -0.1) is 0 Å². The molecule has 1 aliphatic rings. The fourth-order valence-electron chi connectivity index (χ4n) is 4.67. The summed E-state index contributed by atoms with van der Waals surface area (Å²) in [6, 6.07) is 30.2. The molecule has 0 bridgehead atoms. The van der Waals surface area contributed by atoms with Gasteiger partial charge in [0.25, 0.3) is 5.91 Å². The summed E-state index contributed by atoms with van der Waals surface area (Å²) >= 11 is 0. The van der Waals surface area contributed by atoms with Crippen LogP contribution in [0.4, 0.5) is 5.82 Å². The molecule has 1 amide bonds. The van der Waals surface area contributed by atoms with E-state index in [4.69, 9.17) is 9.72 Å². The van der Waals surface area contributed by atoms with Crippen molar-refractivity contribution in [2.45, 2.75) is 25.4 Å². The highest BCUT2D eigenvalue weighted by atomic mass is 16.5. The van der Waals surface area contributed by atoms with Crippen LogP contribution in [0.15, 0.2) is 91.0 Å². The molecule has 0 saturated carbocycles. The largest absolute Gasteiger partial charge is 0.492 e. The Morgan fingerprint density at radius 3 is 2.39 bits per heavy atom. The van der Waals surface area contributed by atoms with E-state index in [2.05, 4.69) is 45.9 Å². The molecule has 36 heavy (non-hydrogen) atoms. The minimum Gasteiger partial charge on any atom is -0.492 e. The average molecular weight is 481 g/mol. The van der Waals surface area contributed by atoms with Crippen LogP contribution in [-0.4, -0.2) is 48.1 Å². The van der Waals surface area contributed by atoms with Gasteiger partial charge in [-0.05, 0) is 42.7 Å². The topological polar surface area (TPSA) is 66.5 Å². The van der Waals surface area contributed by atoms with Crippen molar-refractivity contribution in [1.29, 1.82) is 0 Å². The molecular formula is C30H32N4O2. The average Bonchev–Trinajstić information content (AvgIpc) is 2.93. The Morgan fingerprint density at radius 1 is 0.917 bits per heavy atom. The number of hydrogen-bond donors (Lipinski definition) is 2. The van der Waals surface area contributed by atoms with E-state index < -0.39 is 0 Å². The molecule has 6 heteroatoms. The van der Waals surface area contributed by atoms with Gasteiger partial charge in [0.15, 0.2) is 0 Å². The molecule has 1 aliphatic heterocycles. The number of pyridine rings is 1. The second-order valence-corrected chi connectivity index (χ2v) is 9.17. The Labute approximate surface area is 212 Å². The van der Waals surface area contributed by atoms with Crippen molar-refractivity contribution in [3.05, 3.63) is 102 Å². The van der Waals surface area contributed by atoms with Crippen molar-refractivity contribution < 1.29 is 9.53 Å². The quantitative estimate of drug-likeness (QED) is 0.326. The molecule has 4 aromatic rings. The summed E-state index contributed by atoms with van der Waals surface area (Å²) in [4.78, 5) is 20.4. The van der Waals surface area contributed by atoms with E-state index in [0.717, 1.165) is 54.9 Å². The van der Waals surface area contributed by atoms with Crippen molar-refractivity contribution in [2.24, 2.45) is 0 Å². The number of piperidine rings is 1. The summed E-state index contributed by atoms with van der Waals surface area (Å²) in [7, 11) is 0. The first-order valence-electron chi connectivity index (χ1n) is 12.6. The van der Waals surface area contributed by atoms with Crippen LogP contribution in [-0.2, 0) is 6.54 Å². The molecular weight excluding hydrogens is 448 g/mol. The number of nitrogens with zero attached hydrogens (tertiary/aromatic N) is 2. The Kier molecular flexibility index (Phi) is 7.73. The van der Waals surface area contributed by atoms with E-state index in [-0.39, 0.29) is 5.91 Å². The van der Waals surface area contributed by atoms with Crippen molar-refractivity contribution >= 4 is 22.6 Å². The molecule has 6 nitrogen and oxygen atoms in total. The number of anilines is 1. The number of rotatable bonds is 9. The number of hydrogen-bond acceptors (Lipinski definition) is 5. The van der Waals surface area contributed by atoms with Crippen molar-refractivity contribution in [3.63, 3.8) is 0 Å². The lowest BCUT2D eigenvalue weighted by Gasteiger charge is -2.32. The molecule has 1 aromatic heterocycles. The van der Waals surface area contributed by atoms with Crippen LogP contribution < -0.4 is 15.4 Å². The third kappa shape index (κ3) is 6.20. The van der Waals surface area contributed by atoms with E-state index in [1.165, 1.54) is 5.56 Å². The smallest absolute Gasteiger partial charge is 0.252 e. The van der Waals surface area contributed by atoms with Crippen LogP contribution >= 0.6 is 0 Å². The summed E-state index contributed by atoms with van der Waals surface area (Å²) in [5, 5.41) is 7.44. The summed E-state index contributed by atoms with van der Waals surface area (Å²) in [6.07, 6.45) is 2.08. The molecule has 0 unspecified atom stereocenters. The highest BCUT2D eigenvalue weighted by Crippen LogP contribution is 2.23. The fraction of sp³-hybridized carbons (Fsp3) is 0.267. The number of nitrogens with one attached hydrogen (secondary N) is 2. The Morgan fingerprint density at radius 2 is 1.61 bits per heavy atom. The summed E-state index contributed by atoms with van der Waals surface area (Å²) < 4.78 is 5.71. The molecule has 0 spiro atoms. The molecule has 1 saturated heterocycles. The standard InChI is InChI=1S/C30H32N4O2/c35-30(31-17-20-36-25-11-5-2-6-12-25)27-21-29(33-28-14-8-7-13-26(27)28)32-24-15-18-34(19-16-24)22-23-9-3-1-4-10-23/h1-14,21,24H,15-20,22H2,(H,31,35)(H,32,33). The summed E-state index contributed by atoms with van der Waals surface area (Å²) in [6.45, 7) is 3.89. The van der Waals surface area contributed by atoms with Gasteiger partial charge in [-0.3, -0.25) is 9.69 Å². The van der Waals surface area contributed by atoms with Crippen molar-refractivity contribution in [1.82, 2.24) is 15.2 Å². The van der Waals surface area contributed by atoms with Gasteiger partial charge in [0.2, 0.25) is 0 Å². The molecule has 0 aliphatic carbocycles. The maximum atomic E-state index is 13.1. The van der Waals surface area contributed by atoms with Gasteiger partial charge in [-0.2, -0.15) is 0 Å². The van der Waals surface area contributed by atoms with Gasteiger partial charge in [0.1, 0.15) is 18.2 Å².